The minimum Gasteiger partial charge on any atom is -0.383 e. The van der Waals surface area contributed by atoms with Crippen molar-refractivity contribution in [3.05, 3.63) is 36.3 Å². The van der Waals surface area contributed by atoms with Crippen molar-refractivity contribution >= 4 is 22.8 Å². The third-order valence-corrected chi connectivity index (χ3v) is 4.87. The molecule has 2 N–H and O–H groups in total. The number of aromatic nitrogens is 5. The van der Waals surface area contributed by atoms with Crippen molar-refractivity contribution in [2.75, 3.05) is 36.8 Å². The molecule has 0 spiro atoms. The quantitative estimate of drug-likeness (QED) is 0.768. The largest absolute Gasteiger partial charge is 0.383 e. The topological polar surface area (TPSA) is 89.0 Å². The molecule has 8 nitrogen and oxygen atoms in total. The number of hydrogen-bond donors (Lipinski definition) is 1. The van der Waals surface area contributed by atoms with E-state index in [4.69, 9.17) is 5.73 Å². The monoisotopic (exact) mass is 338 g/mol. The number of rotatable bonds is 3. The van der Waals surface area contributed by atoms with Crippen molar-refractivity contribution in [3.8, 4) is 0 Å². The van der Waals surface area contributed by atoms with Crippen molar-refractivity contribution in [2.45, 2.75) is 13.0 Å². The molecule has 1 atom stereocenters. The second-order valence-electron chi connectivity index (χ2n) is 6.37. The van der Waals surface area contributed by atoms with Gasteiger partial charge in [0.2, 0.25) is 5.95 Å². The fraction of sp³-hybridized carbons (Fsp3) is 0.412. The smallest absolute Gasteiger partial charge is 0.229 e. The summed E-state index contributed by atoms with van der Waals surface area (Å²) < 4.78 is 1.73. The van der Waals surface area contributed by atoms with Crippen LogP contribution in [0.15, 0.2) is 30.6 Å². The maximum absolute atomic E-state index is 6.08. The summed E-state index contributed by atoms with van der Waals surface area (Å²) in [5.41, 5.74) is 7.95. The van der Waals surface area contributed by atoms with Gasteiger partial charge in [0, 0.05) is 45.5 Å². The number of aryl methyl sites for hydroxylation is 1. The zero-order valence-corrected chi connectivity index (χ0v) is 14.5. The normalized spacial score (nSPS) is 17.1. The molecule has 4 rings (SSSR count). The number of piperazine rings is 1. The second-order valence-corrected chi connectivity index (χ2v) is 6.37. The van der Waals surface area contributed by atoms with Crippen LogP contribution in [0.2, 0.25) is 0 Å². The molecular weight excluding hydrogens is 316 g/mol. The van der Waals surface area contributed by atoms with E-state index in [2.05, 4.69) is 42.8 Å². The molecule has 0 amide bonds. The van der Waals surface area contributed by atoms with Gasteiger partial charge in [-0.3, -0.25) is 14.6 Å². The van der Waals surface area contributed by atoms with Crippen LogP contribution in [-0.2, 0) is 7.05 Å². The van der Waals surface area contributed by atoms with Crippen molar-refractivity contribution in [2.24, 2.45) is 7.05 Å². The molecular formula is C17H22N8. The number of fused-ring (bicyclic) bond motifs is 1. The molecule has 3 aromatic rings. The maximum atomic E-state index is 6.08. The first-order valence-corrected chi connectivity index (χ1v) is 8.48. The number of pyridine rings is 1. The van der Waals surface area contributed by atoms with E-state index in [1.165, 1.54) is 0 Å². The molecule has 130 valence electrons. The lowest BCUT2D eigenvalue weighted by Gasteiger charge is -2.37. The van der Waals surface area contributed by atoms with Crippen LogP contribution in [-0.4, -0.2) is 55.8 Å². The van der Waals surface area contributed by atoms with Gasteiger partial charge in [0.1, 0.15) is 5.82 Å². The highest BCUT2D eigenvalue weighted by molar-refractivity contribution is 5.86. The van der Waals surface area contributed by atoms with Crippen LogP contribution in [0.1, 0.15) is 18.7 Å². The lowest BCUT2D eigenvalue weighted by Crippen LogP contribution is -2.47. The maximum Gasteiger partial charge on any atom is 0.229 e. The zero-order chi connectivity index (χ0) is 17.4. The molecule has 0 unspecified atom stereocenters. The van der Waals surface area contributed by atoms with Crippen LogP contribution in [0.4, 0.5) is 11.8 Å². The van der Waals surface area contributed by atoms with Gasteiger partial charge in [-0.25, -0.2) is 0 Å². The van der Waals surface area contributed by atoms with Crippen LogP contribution in [0.5, 0.6) is 0 Å². The molecule has 3 aromatic heterocycles. The summed E-state index contributed by atoms with van der Waals surface area (Å²) in [6, 6.07) is 6.37. The molecule has 0 radical (unpaired) electrons. The van der Waals surface area contributed by atoms with E-state index in [9.17, 15) is 0 Å². The van der Waals surface area contributed by atoms with Crippen LogP contribution in [0.3, 0.4) is 0 Å². The molecule has 1 aliphatic rings. The molecule has 0 saturated carbocycles. The molecule has 4 heterocycles. The number of nitrogen functional groups attached to an aromatic ring is 1. The van der Waals surface area contributed by atoms with Crippen molar-refractivity contribution in [3.63, 3.8) is 0 Å². The minimum absolute atomic E-state index is 0.300. The Morgan fingerprint density at radius 3 is 2.64 bits per heavy atom. The van der Waals surface area contributed by atoms with E-state index in [1.807, 2.05) is 25.4 Å². The predicted octanol–water partition coefficient (Wildman–Crippen LogP) is 1.22. The van der Waals surface area contributed by atoms with Gasteiger partial charge in [0.25, 0.3) is 0 Å². The van der Waals surface area contributed by atoms with Crippen molar-refractivity contribution in [1.29, 1.82) is 0 Å². The molecule has 0 bridgehead atoms. The highest BCUT2D eigenvalue weighted by atomic mass is 15.4. The van der Waals surface area contributed by atoms with Gasteiger partial charge in [-0.05, 0) is 19.1 Å². The van der Waals surface area contributed by atoms with Gasteiger partial charge < -0.3 is 10.6 Å². The minimum atomic E-state index is 0.300. The molecule has 1 fully saturated rings. The van der Waals surface area contributed by atoms with E-state index < -0.39 is 0 Å². The Morgan fingerprint density at radius 1 is 1.12 bits per heavy atom. The van der Waals surface area contributed by atoms with E-state index >= 15 is 0 Å². The van der Waals surface area contributed by atoms with E-state index in [-0.39, 0.29) is 0 Å². The second kappa shape index (κ2) is 6.29. The number of anilines is 2. The summed E-state index contributed by atoms with van der Waals surface area (Å²) in [4.78, 5) is 18.2. The van der Waals surface area contributed by atoms with Crippen LogP contribution < -0.4 is 10.6 Å². The summed E-state index contributed by atoms with van der Waals surface area (Å²) in [6.07, 6.45) is 3.56. The molecule has 1 aliphatic heterocycles. The Kier molecular flexibility index (Phi) is 3.96. The molecule has 25 heavy (non-hydrogen) atoms. The Labute approximate surface area is 146 Å². The first-order valence-electron chi connectivity index (χ1n) is 8.48. The molecule has 0 aromatic carbocycles. The molecule has 1 saturated heterocycles. The lowest BCUT2D eigenvalue weighted by atomic mass is 10.1. The first-order chi connectivity index (χ1) is 12.1. The Bertz CT molecular complexity index is 867. The fourth-order valence-electron chi connectivity index (χ4n) is 3.29. The third-order valence-electron chi connectivity index (χ3n) is 4.87. The SMILES string of the molecule is C[C@@H](c1ccccn1)N1CCN(c2nc(N)c3cnn(C)c3n2)CC1. The van der Waals surface area contributed by atoms with Gasteiger partial charge >= 0.3 is 0 Å². The van der Waals surface area contributed by atoms with Crippen molar-refractivity contribution in [1.82, 2.24) is 29.6 Å². The highest BCUT2D eigenvalue weighted by Crippen LogP contribution is 2.24. The number of nitrogens with two attached hydrogens (primary N) is 1. The van der Waals surface area contributed by atoms with E-state index in [0.717, 1.165) is 42.9 Å². The highest BCUT2D eigenvalue weighted by Gasteiger charge is 2.24. The van der Waals surface area contributed by atoms with E-state index in [1.54, 1.807) is 10.9 Å². The zero-order valence-electron chi connectivity index (χ0n) is 14.5. The van der Waals surface area contributed by atoms with Gasteiger partial charge in [0.15, 0.2) is 5.65 Å². The number of hydrogen-bond acceptors (Lipinski definition) is 7. The third kappa shape index (κ3) is 2.89. The standard InChI is InChI=1S/C17H22N8/c1-12(14-5-3-4-6-19-14)24-7-9-25(10-8-24)17-21-15(18)13-11-20-23(2)16(13)22-17/h3-6,11-12H,7-10H2,1-2H3,(H2,18,21,22)/t12-/m0/s1. The van der Waals surface area contributed by atoms with Crippen LogP contribution in [0.25, 0.3) is 11.0 Å². The summed E-state index contributed by atoms with van der Waals surface area (Å²) in [5.74, 6) is 1.16. The molecule has 8 heteroatoms. The first kappa shape index (κ1) is 15.8. The summed E-state index contributed by atoms with van der Waals surface area (Å²) in [6.45, 7) is 5.79. The Balaban J connectivity index is 1.49. The van der Waals surface area contributed by atoms with Crippen LogP contribution in [0, 0.1) is 0 Å². The van der Waals surface area contributed by atoms with Gasteiger partial charge in [-0.15, -0.1) is 0 Å². The average molecular weight is 338 g/mol. The fourth-order valence-corrected chi connectivity index (χ4v) is 3.29. The van der Waals surface area contributed by atoms with Gasteiger partial charge in [0.05, 0.1) is 17.3 Å². The Morgan fingerprint density at radius 2 is 1.92 bits per heavy atom. The summed E-state index contributed by atoms with van der Waals surface area (Å²) >= 11 is 0. The predicted molar refractivity (Wildman–Crippen MR) is 97.2 cm³/mol. The van der Waals surface area contributed by atoms with Gasteiger partial charge in [-0.1, -0.05) is 6.07 Å². The van der Waals surface area contributed by atoms with Crippen molar-refractivity contribution < 1.29 is 0 Å². The average Bonchev–Trinajstić information content (AvgIpc) is 3.04. The van der Waals surface area contributed by atoms with E-state index in [0.29, 0.717) is 17.8 Å². The Hall–Kier alpha value is -2.74. The van der Waals surface area contributed by atoms with Crippen LogP contribution >= 0.6 is 0 Å². The summed E-state index contributed by atoms with van der Waals surface area (Å²) in [7, 11) is 1.87. The lowest BCUT2D eigenvalue weighted by molar-refractivity contribution is 0.194. The summed E-state index contributed by atoms with van der Waals surface area (Å²) in [5, 5.41) is 5.01. The van der Waals surface area contributed by atoms with Gasteiger partial charge in [-0.2, -0.15) is 15.1 Å². The number of nitrogens with zero attached hydrogens (tertiary/aromatic N) is 7. The molecule has 0 aliphatic carbocycles.